The van der Waals surface area contributed by atoms with Crippen molar-refractivity contribution in [3.05, 3.63) is 47.3 Å². The second-order valence-electron chi connectivity index (χ2n) is 5.51. The van der Waals surface area contributed by atoms with Gasteiger partial charge in [-0.2, -0.15) is 0 Å². The van der Waals surface area contributed by atoms with Gasteiger partial charge in [0, 0.05) is 25.1 Å². The molecule has 2 aromatic rings. The third kappa shape index (κ3) is 2.00. The second-order valence-corrected chi connectivity index (χ2v) is 5.51. The summed E-state index contributed by atoms with van der Waals surface area (Å²) >= 11 is 0. The minimum atomic E-state index is 0.520. The van der Waals surface area contributed by atoms with Crippen molar-refractivity contribution in [1.29, 1.82) is 0 Å². The first kappa shape index (κ1) is 11.7. The highest BCUT2D eigenvalue weighted by molar-refractivity contribution is 5.53. The molecular formula is C15H17N5. The second kappa shape index (κ2) is 4.45. The van der Waals surface area contributed by atoms with Gasteiger partial charge in [0.1, 0.15) is 17.5 Å². The largest absolute Gasteiger partial charge is 0.348 e. The van der Waals surface area contributed by atoms with Crippen molar-refractivity contribution >= 4 is 11.6 Å². The van der Waals surface area contributed by atoms with Gasteiger partial charge in [-0.25, -0.2) is 15.8 Å². The maximum Gasteiger partial charge on any atom is 0.145 e. The van der Waals surface area contributed by atoms with Crippen LogP contribution < -0.4 is 16.2 Å². The van der Waals surface area contributed by atoms with Gasteiger partial charge in [-0.15, -0.1) is 0 Å². The Kier molecular flexibility index (Phi) is 2.60. The normalized spacial score (nSPS) is 17.1. The third-order valence-corrected chi connectivity index (χ3v) is 3.99. The standard InChI is InChI=1S/C15H17N5/c16-19-13-7-14(18-15(17-13)10-5-6-10)20-8-11-3-1-2-4-12(11)9-20/h1-4,7,10H,5-6,8-9,16H2,(H,17,18,19). The van der Waals surface area contributed by atoms with Crippen LogP contribution in [0.15, 0.2) is 30.3 Å². The van der Waals surface area contributed by atoms with Gasteiger partial charge >= 0.3 is 0 Å². The molecule has 1 aliphatic heterocycles. The number of rotatable bonds is 3. The Hall–Kier alpha value is -2.14. The Morgan fingerprint density at radius 3 is 2.40 bits per heavy atom. The minimum Gasteiger partial charge on any atom is -0.348 e. The smallest absolute Gasteiger partial charge is 0.145 e. The highest BCUT2D eigenvalue weighted by Crippen LogP contribution is 2.39. The lowest BCUT2D eigenvalue weighted by Crippen LogP contribution is -2.19. The molecule has 1 aromatic carbocycles. The van der Waals surface area contributed by atoms with E-state index in [2.05, 4.69) is 39.6 Å². The van der Waals surface area contributed by atoms with E-state index < -0.39 is 0 Å². The van der Waals surface area contributed by atoms with Crippen molar-refractivity contribution in [3.8, 4) is 0 Å². The number of fused-ring (bicyclic) bond motifs is 1. The number of aromatic nitrogens is 2. The third-order valence-electron chi connectivity index (χ3n) is 3.99. The molecule has 4 rings (SSSR count). The summed E-state index contributed by atoms with van der Waals surface area (Å²) in [6.07, 6.45) is 2.38. The Bertz CT molecular complexity index is 625. The molecule has 1 fully saturated rings. The Labute approximate surface area is 117 Å². The van der Waals surface area contributed by atoms with E-state index >= 15 is 0 Å². The molecule has 0 radical (unpaired) electrons. The molecule has 1 saturated carbocycles. The van der Waals surface area contributed by atoms with E-state index in [1.54, 1.807) is 0 Å². The van der Waals surface area contributed by atoms with Crippen LogP contribution in [0.2, 0.25) is 0 Å². The predicted octanol–water partition coefficient (Wildman–Crippen LogP) is 2.16. The first-order valence-electron chi connectivity index (χ1n) is 7.01. The minimum absolute atomic E-state index is 0.520. The first-order valence-corrected chi connectivity index (χ1v) is 7.01. The van der Waals surface area contributed by atoms with Crippen LogP contribution in [-0.2, 0) is 13.1 Å². The van der Waals surface area contributed by atoms with Crippen LogP contribution in [0, 0.1) is 0 Å². The molecule has 3 N–H and O–H groups in total. The quantitative estimate of drug-likeness (QED) is 0.659. The summed E-state index contributed by atoms with van der Waals surface area (Å²) in [7, 11) is 0. The SMILES string of the molecule is NNc1cc(N2Cc3ccccc3C2)nc(C2CC2)n1. The molecule has 1 aromatic heterocycles. The number of nitrogens with zero attached hydrogens (tertiary/aromatic N) is 3. The Balaban J connectivity index is 1.67. The van der Waals surface area contributed by atoms with E-state index in [-0.39, 0.29) is 0 Å². The van der Waals surface area contributed by atoms with Crippen LogP contribution in [-0.4, -0.2) is 9.97 Å². The van der Waals surface area contributed by atoms with E-state index in [1.165, 1.54) is 24.0 Å². The van der Waals surface area contributed by atoms with Gasteiger partial charge in [0.25, 0.3) is 0 Å². The molecule has 0 amide bonds. The number of benzene rings is 1. The first-order chi connectivity index (χ1) is 9.83. The van der Waals surface area contributed by atoms with Crippen molar-refractivity contribution in [2.75, 3.05) is 10.3 Å². The van der Waals surface area contributed by atoms with Gasteiger partial charge < -0.3 is 10.3 Å². The zero-order chi connectivity index (χ0) is 13.5. The molecule has 5 nitrogen and oxygen atoms in total. The van der Waals surface area contributed by atoms with Gasteiger partial charge in [-0.3, -0.25) is 0 Å². The highest BCUT2D eigenvalue weighted by Gasteiger charge is 2.28. The van der Waals surface area contributed by atoms with Gasteiger partial charge in [0.2, 0.25) is 0 Å². The lowest BCUT2D eigenvalue weighted by atomic mass is 10.1. The van der Waals surface area contributed by atoms with E-state index in [1.807, 2.05) is 6.07 Å². The monoisotopic (exact) mass is 267 g/mol. The fraction of sp³-hybridized carbons (Fsp3) is 0.333. The van der Waals surface area contributed by atoms with Crippen LogP contribution in [0.4, 0.5) is 11.6 Å². The lowest BCUT2D eigenvalue weighted by molar-refractivity contribution is 0.826. The van der Waals surface area contributed by atoms with Crippen molar-refractivity contribution < 1.29 is 0 Å². The lowest BCUT2D eigenvalue weighted by Gasteiger charge is -2.18. The van der Waals surface area contributed by atoms with Gasteiger partial charge in [-0.1, -0.05) is 24.3 Å². The maximum absolute atomic E-state index is 5.53. The van der Waals surface area contributed by atoms with Crippen LogP contribution in [0.25, 0.3) is 0 Å². The topological polar surface area (TPSA) is 67.1 Å². The van der Waals surface area contributed by atoms with E-state index in [0.29, 0.717) is 11.7 Å². The molecule has 0 spiro atoms. The van der Waals surface area contributed by atoms with Crippen LogP contribution in [0.5, 0.6) is 0 Å². The molecule has 0 unspecified atom stereocenters. The van der Waals surface area contributed by atoms with Crippen LogP contribution in [0.1, 0.15) is 35.7 Å². The molecule has 1 aliphatic carbocycles. The van der Waals surface area contributed by atoms with Crippen molar-refractivity contribution in [1.82, 2.24) is 9.97 Å². The van der Waals surface area contributed by atoms with Crippen molar-refractivity contribution in [2.24, 2.45) is 5.84 Å². The van der Waals surface area contributed by atoms with Crippen LogP contribution in [0.3, 0.4) is 0 Å². The summed E-state index contributed by atoms with van der Waals surface area (Å²) in [5.41, 5.74) is 5.41. The highest BCUT2D eigenvalue weighted by atomic mass is 15.3. The molecular weight excluding hydrogens is 250 g/mol. The number of hydrogen-bond acceptors (Lipinski definition) is 5. The van der Waals surface area contributed by atoms with Gasteiger partial charge in [0.05, 0.1) is 0 Å². The summed E-state index contributed by atoms with van der Waals surface area (Å²) in [4.78, 5) is 11.5. The number of hydrogen-bond donors (Lipinski definition) is 2. The van der Waals surface area contributed by atoms with E-state index in [4.69, 9.17) is 10.8 Å². The average molecular weight is 267 g/mol. The molecule has 0 bridgehead atoms. The molecule has 2 aliphatic rings. The van der Waals surface area contributed by atoms with E-state index in [9.17, 15) is 0 Å². The number of nitrogen functional groups attached to an aromatic ring is 1. The molecule has 0 saturated heterocycles. The van der Waals surface area contributed by atoms with E-state index in [0.717, 1.165) is 24.7 Å². The summed E-state index contributed by atoms with van der Waals surface area (Å²) in [6, 6.07) is 10.5. The Morgan fingerprint density at radius 2 is 1.80 bits per heavy atom. The molecule has 5 heteroatoms. The molecule has 102 valence electrons. The number of hydrazine groups is 1. The van der Waals surface area contributed by atoms with Crippen molar-refractivity contribution in [3.63, 3.8) is 0 Å². The molecule has 20 heavy (non-hydrogen) atoms. The Morgan fingerprint density at radius 1 is 1.10 bits per heavy atom. The zero-order valence-corrected chi connectivity index (χ0v) is 11.2. The van der Waals surface area contributed by atoms with Gasteiger partial charge in [0.15, 0.2) is 0 Å². The molecule has 0 atom stereocenters. The fourth-order valence-electron chi connectivity index (χ4n) is 2.71. The number of anilines is 2. The molecule has 2 heterocycles. The summed E-state index contributed by atoms with van der Waals surface area (Å²) < 4.78 is 0. The maximum atomic E-state index is 5.53. The average Bonchev–Trinajstić information content (AvgIpc) is 3.25. The number of nitrogens with one attached hydrogen (secondary N) is 1. The predicted molar refractivity (Wildman–Crippen MR) is 78.1 cm³/mol. The zero-order valence-electron chi connectivity index (χ0n) is 11.2. The number of nitrogens with two attached hydrogens (primary N) is 1. The van der Waals surface area contributed by atoms with Gasteiger partial charge in [-0.05, 0) is 24.0 Å². The van der Waals surface area contributed by atoms with Crippen molar-refractivity contribution in [2.45, 2.75) is 31.8 Å². The van der Waals surface area contributed by atoms with Crippen LogP contribution >= 0.6 is 0 Å². The summed E-state index contributed by atoms with van der Waals surface area (Å²) in [5, 5.41) is 0. The summed E-state index contributed by atoms with van der Waals surface area (Å²) in [5.74, 6) is 8.64. The summed E-state index contributed by atoms with van der Waals surface area (Å²) in [6.45, 7) is 1.81. The fourth-order valence-corrected chi connectivity index (χ4v) is 2.71.